The lowest BCUT2D eigenvalue weighted by atomic mass is 10.1. The van der Waals surface area contributed by atoms with Crippen LogP contribution in [-0.2, 0) is 16.0 Å². The lowest BCUT2D eigenvalue weighted by molar-refractivity contribution is -0.141. The summed E-state index contributed by atoms with van der Waals surface area (Å²) in [7, 11) is 0. The van der Waals surface area contributed by atoms with E-state index in [4.69, 9.17) is 0 Å². The lowest BCUT2D eigenvalue weighted by Crippen LogP contribution is -2.09. The highest BCUT2D eigenvalue weighted by Crippen LogP contribution is 2.10. The molecule has 0 N–H and O–H groups in total. The first kappa shape index (κ1) is 11.4. The highest BCUT2D eigenvalue weighted by atomic mass is 19.1. The number of ether oxygens (including phenoxy) is 1. The van der Waals surface area contributed by atoms with E-state index in [2.05, 4.69) is 11.3 Å². The monoisotopic (exact) mass is 212 g/mol. The molecule has 4 heteroatoms. The van der Waals surface area contributed by atoms with Crippen LogP contribution in [-0.4, -0.2) is 12.6 Å². The predicted octanol–water partition coefficient (Wildman–Crippen LogP) is 2.24. The number of carbonyl (C=O) groups is 1. The van der Waals surface area contributed by atoms with E-state index >= 15 is 0 Å². The molecule has 0 aliphatic carbocycles. The molecule has 15 heavy (non-hydrogen) atoms. The molecule has 1 rings (SSSR count). The third-order valence-corrected chi connectivity index (χ3v) is 1.71. The molecule has 1 aromatic rings. The topological polar surface area (TPSA) is 26.3 Å². The summed E-state index contributed by atoms with van der Waals surface area (Å²) in [6, 6.07) is 3.05. The summed E-state index contributed by atoms with van der Waals surface area (Å²) in [4.78, 5) is 11.1. The molecule has 0 aromatic heterocycles. The van der Waals surface area contributed by atoms with Crippen molar-refractivity contribution in [2.75, 3.05) is 6.61 Å². The highest BCUT2D eigenvalue weighted by Gasteiger charge is 2.09. The molecular weight excluding hydrogens is 202 g/mol. The van der Waals surface area contributed by atoms with Gasteiger partial charge in [-0.3, -0.25) is 4.79 Å². The molecule has 0 aliphatic heterocycles. The van der Waals surface area contributed by atoms with Gasteiger partial charge < -0.3 is 4.74 Å². The van der Waals surface area contributed by atoms with E-state index in [-0.39, 0.29) is 18.6 Å². The van der Waals surface area contributed by atoms with Gasteiger partial charge in [0.25, 0.3) is 0 Å². The highest BCUT2D eigenvalue weighted by molar-refractivity contribution is 5.72. The molecule has 0 heterocycles. The maximum absolute atomic E-state index is 13.1. The zero-order valence-electron chi connectivity index (χ0n) is 8.00. The van der Waals surface area contributed by atoms with Crippen LogP contribution in [0.3, 0.4) is 0 Å². The lowest BCUT2D eigenvalue weighted by Gasteiger charge is -2.03. The third-order valence-electron chi connectivity index (χ3n) is 1.71. The van der Waals surface area contributed by atoms with Crippen molar-refractivity contribution in [3.63, 3.8) is 0 Å². The molecule has 0 radical (unpaired) electrons. The van der Waals surface area contributed by atoms with E-state index in [0.29, 0.717) is 0 Å². The number of carbonyl (C=O) groups excluding carboxylic acids is 1. The van der Waals surface area contributed by atoms with Crippen molar-refractivity contribution in [2.24, 2.45) is 0 Å². The summed E-state index contributed by atoms with van der Waals surface area (Å²) < 4.78 is 30.2. The Balaban J connectivity index is 2.64. The van der Waals surface area contributed by atoms with Crippen molar-refractivity contribution < 1.29 is 18.3 Å². The van der Waals surface area contributed by atoms with E-state index in [0.717, 1.165) is 12.1 Å². The van der Waals surface area contributed by atoms with Gasteiger partial charge in [-0.2, -0.15) is 0 Å². The first-order chi connectivity index (χ1) is 7.13. The van der Waals surface area contributed by atoms with E-state index in [9.17, 15) is 13.6 Å². The standard InChI is InChI=1S/C11H10F2O2/c1-2-5-15-11(14)6-8-3-4-9(12)7-10(8)13/h2-4,7H,1,5-6H2. The second-order valence-electron chi connectivity index (χ2n) is 2.88. The Labute approximate surface area is 86.2 Å². The molecule has 0 unspecified atom stereocenters. The number of esters is 1. The summed E-state index contributed by atoms with van der Waals surface area (Å²) >= 11 is 0. The molecule has 0 spiro atoms. The van der Waals surface area contributed by atoms with Gasteiger partial charge in [-0.25, -0.2) is 8.78 Å². The quantitative estimate of drug-likeness (QED) is 0.565. The molecule has 0 amide bonds. The average molecular weight is 212 g/mol. The Morgan fingerprint density at radius 2 is 2.20 bits per heavy atom. The zero-order valence-corrected chi connectivity index (χ0v) is 8.00. The number of benzene rings is 1. The second-order valence-corrected chi connectivity index (χ2v) is 2.88. The summed E-state index contributed by atoms with van der Waals surface area (Å²) in [5, 5.41) is 0. The summed E-state index contributed by atoms with van der Waals surface area (Å²) in [6.07, 6.45) is 1.21. The zero-order chi connectivity index (χ0) is 11.3. The van der Waals surface area contributed by atoms with Gasteiger partial charge in [0.05, 0.1) is 6.42 Å². The van der Waals surface area contributed by atoms with Crippen LogP contribution in [0, 0.1) is 11.6 Å². The van der Waals surface area contributed by atoms with E-state index in [1.807, 2.05) is 0 Å². The second kappa shape index (κ2) is 5.24. The molecule has 0 fully saturated rings. The average Bonchev–Trinajstić information content (AvgIpc) is 2.19. The number of hydrogen-bond donors (Lipinski definition) is 0. The van der Waals surface area contributed by atoms with Crippen molar-refractivity contribution in [1.82, 2.24) is 0 Å². The van der Waals surface area contributed by atoms with E-state index in [1.54, 1.807) is 0 Å². The van der Waals surface area contributed by atoms with Crippen LogP contribution in [0.2, 0.25) is 0 Å². The van der Waals surface area contributed by atoms with Gasteiger partial charge in [0, 0.05) is 6.07 Å². The van der Waals surface area contributed by atoms with E-state index < -0.39 is 17.6 Å². The van der Waals surface area contributed by atoms with Crippen LogP contribution in [0.25, 0.3) is 0 Å². The third kappa shape index (κ3) is 3.50. The van der Waals surface area contributed by atoms with Gasteiger partial charge in [-0.1, -0.05) is 18.7 Å². The van der Waals surface area contributed by atoms with Crippen LogP contribution in [0.1, 0.15) is 5.56 Å². The first-order valence-electron chi connectivity index (χ1n) is 4.34. The smallest absolute Gasteiger partial charge is 0.310 e. The predicted molar refractivity (Wildman–Crippen MR) is 51.2 cm³/mol. The summed E-state index contributed by atoms with van der Waals surface area (Å²) in [5.74, 6) is -1.98. The Kier molecular flexibility index (Phi) is 3.97. The van der Waals surface area contributed by atoms with Gasteiger partial charge in [0.1, 0.15) is 18.2 Å². The van der Waals surface area contributed by atoms with Crippen molar-refractivity contribution in [1.29, 1.82) is 0 Å². The fourth-order valence-corrected chi connectivity index (χ4v) is 1.02. The Hall–Kier alpha value is -1.71. The molecule has 1 aromatic carbocycles. The Morgan fingerprint density at radius 3 is 2.80 bits per heavy atom. The minimum absolute atomic E-state index is 0.0850. The molecule has 80 valence electrons. The molecule has 0 aliphatic rings. The van der Waals surface area contributed by atoms with Crippen LogP contribution in [0.15, 0.2) is 30.9 Å². The van der Waals surface area contributed by atoms with Gasteiger partial charge in [0.2, 0.25) is 0 Å². The Morgan fingerprint density at radius 1 is 1.47 bits per heavy atom. The van der Waals surface area contributed by atoms with Crippen molar-refractivity contribution in [3.8, 4) is 0 Å². The van der Waals surface area contributed by atoms with Gasteiger partial charge in [-0.15, -0.1) is 0 Å². The van der Waals surface area contributed by atoms with Crippen LogP contribution in [0.5, 0.6) is 0 Å². The molecule has 2 nitrogen and oxygen atoms in total. The van der Waals surface area contributed by atoms with Crippen molar-refractivity contribution >= 4 is 5.97 Å². The van der Waals surface area contributed by atoms with Crippen molar-refractivity contribution in [2.45, 2.75) is 6.42 Å². The maximum Gasteiger partial charge on any atom is 0.310 e. The molecule has 0 atom stereocenters. The molecule has 0 saturated heterocycles. The summed E-state index contributed by atoms with van der Waals surface area (Å²) in [5.41, 5.74) is 0.116. The van der Waals surface area contributed by atoms with E-state index in [1.165, 1.54) is 12.1 Å². The minimum Gasteiger partial charge on any atom is -0.461 e. The van der Waals surface area contributed by atoms with Crippen molar-refractivity contribution in [3.05, 3.63) is 48.1 Å². The SMILES string of the molecule is C=CCOC(=O)Cc1ccc(F)cc1F. The first-order valence-corrected chi connectivity index (χ1v) is 4.34. The van der Waals surface area contributed by atoms with Crippen LogP contribution < -0.4 is 0 Å². The fourth-order valence-electron chi connectivity index (χ4n) is 1.02. The van der Waals surface area contributed by atoms with Crippen LogP contribution >= 0.6 is 0 Å². The summed E-state index contributed by atoms with van der Waals surface area (Å²) in [6.45, 7) is 3.45. The number of halogens is 2. The van der Waals surface area contributed by atoms with Crippen LogP contribution in [0.4, 0.5) is 8.78 Å². The molecule has 0 saturated carbocycles. The molecular formula is C11H10F2O2. The fraction of sp³-hybridized carbons (Fsp3) is 0.182. The maximum atomic E-state index is 13.1. The minimum atomic E-state index is -0.745. The van der Waals surface area contributed by atoms with Gasteiger partial charge in [0.15, 0.2) is 0 Å². The normalized spacial score (nSPS) is 9.73. The Bertz CT molecular complexity index is 375. The molecule has 0 bridgehead atoms. The number of hydrogen-bond acceptors (Lipinski definition) is 2. The van der Waals surface area contributed by atoms with Gasteiger partial charge >= 0.3 is 5.97 Å². The van der Waals surface area contributed by atoms with Gasteiger partial charge in [-0.05, 0) is 11.6 Å². The largest absolute Gasteiger partial charge is 0.461 e. The number of rotatable bonds is 4.